The third-order valence-corrected chi connectivity index (χ3v) is 4.78. The lowest BCUT2D eigenvalue weighted by Gasteiger charge is -2.22. The molecule has 0 aliphatic carbocycles. The van der Waals surface area contributed by atoms with Gasteiger partial charge in [0.15, 0.2) is 0 Å². The van der Waals surface area contributed by atoms with Crippen LogP contribution in [0.3, 0.4) is 0 Å². The van der Waals surface area contributed by atoms with Gasteiger partial charge in [0.05, 0.1) is 16.5 Å². The molecular formula is C16H13Cl2NO2S. The van der Waals surface area contributed by atoms with Crippen LogP contribution in [0, 0.1) is 0 Å². The highest BCUT2D eigenvalue weighted by Crippen LogP contribution is 2.30. The second-order valence-electron chi connectivity index (χ2n) is 5.01. The van der Waals surface area contributed by atoms with Crippen molar-refractivity contribution in [2.45, 2.75) is 6.54 Å². The molecule has 1 aliphatic rings. The molecule has 0 unspecified atom stereocenters. The lowest BCUT2D eigenvalue weighted by Crippen LogP contribution is -2.30. The van der Waals surface area contributed by atoms with Crippen LogP contribution in [0.15, 0.2) is 35.9 Å². The maximum Gasteiger partial charge on any atom is 0.253 e. The highest BCUT2D eigenvalue weighted by Gasteiger charge is 2.20. The Hall–Kier alpha value is -1.49. The summed E-state index contributed by atoms with van der Waals surface area (Å²) in [6.07, 6.45) is 1.84. The highest BCUT2D eigenvalue weighted by molar-refractivity contribution is 7.16. The van der Waals surface area contributed by atoms with Crippen LogP contribution in [0.4, 0.5) is 0 Å². The third kappa shape index (κ3) is 3.29. The first-order valence-corrected chi connectivity index (χ1v) is 8.23. The van der Waals surface area contributed by atoms with Gasteiger partial charge in [0.1, 0.15) is 12.4 Å². The molecule has 0 spiro atoms. The molecular weight excluding hydrogens is 341 g/mol. The Morgan fingerprint density at radius 2 is 2.14 bits per heavy atom. The van der Waals surface area contributed by atoms with Crippen molar-refractivity contribution >= 4 is 46.5 Å². The molecule has 22 heavy (non-hydrogen) atoms. The molecule has 1 amide bonds. The summed E-state index contributed by atoms with van der Waals surface area (Å²) in [5.41, 5.74) is 1.44. The first-order chi connectivity index (χ1) is 10.5. The normalized spacial score (nSPS) is 13.1. The number of hydrogen-bond donors (Lipinski definition) is 0. The van der Waals surface area contributed by atoms with Gasteiger partial charge in [0, 0.05) is 22.5 Å². The smallest absolute Gasteiger partial charge is 0.253 e. The van der Waals surface area contributed by atoms with Crippen LogP contribution in [-0.2, 0) is 11.3 Å². The number of amides is 1. The average Bonchev–Trinajstić information content (AvgIpc) is 2.90. The first kappa shape index (κ1) is 15.4. The van der Waals surface area contributed by atoms with Crippen LogP contribution in [0.2, 0.25) is 9.36 Å². The quantitative estimate of drug-likeness (QED) is 0.813. The zero-order valence-corrected chi connectivity index (χ0v) is 14.1. The lowest BCUT2D eigenvalue weighted by atomic mass is 10.1. The van der Waals surface area contributed by atoms with Crippen LogP contribution >= 0.6 is 34.5 Å². The number of carbonyl (C=O) groups excluding carboxylic acids is 1. The fourth-order valence-electron chi connectivity index (χ4n) is 2.26. The summed E-state index contributed by atoms with van der Waals surface area (Å²) in [6.45, 7) is 0.791. The minimum Gasteiger partial charge on any atom is -0.488 e. The van der Waals surface area contributed by atoms with E-state index < -0.39 is 0 Å². The van der Waals surface area contributed by atoms with Gasteiger partial charge in [-0.15, -0.1) is 11.3 Å². The predicted octanol–water partition coefficient (Wildman–Crippen LogP) is 4.49. The Labute approximate surface area is 142 Å². The van der Waals surface area contributed by atoms with Gasteiger partial charge in [-0.3, -0.25) is 4.79 Å². The molecule has 0 bridgehead atoms. The van der Waals surface area contributed by atoms with Crippen molar-refractivity contribution in [1.29, 1.82) is 0 Å². The fraction of sp³-hybridized carbons (Fsp3) is 0.188. The number of carbonyl (C=O) groups is 1. The number of rotatable bonds is 3. The summed E-state index contributed by atoms with van der Waals surface area (Å²) in [7, 11) is 1.77. The molecule has 0 radical (unpaired) electrons. The van der Waals surface area contributed by atoms with E-state index in [-0.39, 0.29) is 12.5 Å². The largest absolute Gasteiger partial charge is 0.488 e. The molecule has 2 heterocycles. The number of benzene rings is 1. The van der Waals surface area contributed by atoms with Crippen molar-refractivity contribution in [3.05, 3.63) is 55.7 Å². The Morgan fingerprint density at radius 3 is 2.86 bits per heavy atom. The highest BCUT2D eigenvalue weighted by atomic mass is 35.5. The van der Waals surface area contributed by atoms with Crippen LogP contribution in [0.1, 0.15) is 10.4 Å². The fourth-order valence-corrected chi connectivity index (χ4v) is 3.58. The second-order valence-corrected chi connectivity index (χ2v) is 7.24. The molecule has 114 valence electrons. The molecule has 0 saturated carbocycles. The standard InChI is InChI=1S/C16H13Cl2NO2S/c1-19(8-13-3-5-15(18)22-13)16(20)11-6-10-7-12(17)2-4-14(10)21-9-11/h2-7H,8-9H2,1H3. The van der Waals surface area contributed by atoms with Gasteiger partial charge in [-0.25, -0.2) is 0 Å². The number of ether oxygens (including phenoxy) is 1. The molecule has 3 nitrogen and oxygen atoms in total. The Bertz CT molecular complexity index is 754. The molecule has 3 rings (SSSR count). The Morgan fingerprint density at radius 1 is 1.32 bits per heavy atom. The van der Waals surface area contributed by atoms with Gasteiger partial charge in [-0.05, 0) is 36.4 Å². The minimum atomic E-state index is -0.0600. The third-order valence-electron chi connectivity index (χ3n) is 3.33. The summed E-state index contributed by atoms with van der Waals surface area (Å²) in [5.74, 6) is 0.684. The van der Waals surface area contributed by atoms with Crippen LogP contribution in [0.25, 0.3) is 6.08 Å². The van der Waals surface area contributed by atoms with Crippen LogP contribution < -0.4 is 4.74 Å². The van der Waals surface area contributed by atoms with Crippen molar-refractivity contribution in [2.24, 2.45) is 0 Å². The number of thiophene rings is 1. The van der Waals surface area contributed by atoms with Gasteiger partial charge < -0.3 is 9.64 Å². The summed E-state index contributed by atoms with van der Waals surface area (Å²) >= 11 is 13.4. The molecule has 0 atom stereocenters. The van der Waals surface area contributed by atoms with E-state index in [0.29, 0.717) is 17.1 Å². The molecule has 6 heteroatoms. The lowest BCUT2D eigenvalue weighted by molar-refractivity contribution is -0.126. The second kappa shape index (κ2) is 6.32. The molecule has 2 aromatic rings. The van der Waals surface area contributed by atoms with Gasteiger partial charge >= 0.3 is 0 Å². The summed E-state index contributed by atoms with van der Waals surface area (Å²) in [5, 5.41) is 0.619. The molecule has 0 N–H and O–H groups in total. The van der Waals surface area contributed by atoms with Gasteiger partial charge in [-0.2, -0.15) is 0 Å². The maximum atomic E-state index is 12.5. The van der Waals surface area contributed by atoms with Crippen LogP contribution in [-0.4, -0.2) is 24.5 Å². The number of nitrogens with zero attached hydrogens (tertiary/aromatic N) is 1. The van der Waals surface area contributed by atoms with Crippen molar-refractivity contribution < 1.29 is 9.53 Å². The van der Waals surface area contributed by atoms with E-state index in [1.54, 1.807) is 24.1 Å². The summed E-state index contributed by atoms with van der Waals surface area (Å²) in [6, 6.07) is 9.14. The molecule has 1 aliphatic heterocycles. The summed E-state index contributed by atoms with van der Waals surface area (Å²) < 4.78 is 6.35. The van der Waals surface area contributed by atoms with Crippen molar-refractivity contribution in [3.63, 3.8) is 0 Å². The van der Waals surface area contributed by atoms with E-state index >= 15 is 0 Å². The zero-order chi connectivity index (χ0) is 15.7. The number of halogens is 2. The number of likely N-dealkylation sites (N-methyl/N-ethyl adjacent to an activating group) is 1. The minimum absolute atomic E-state index is 0.0600. The molecule has 1 aromatic carbocycles. The van der Waals surface area contributed by atoms with E-state index in [0.717, 1.165) is 20.5 Å². The van der Waals surface area contributed by atoms with Gasteiger partial charge in [-0.1, -0.05) is 23.2 Å². The van der Waals surface area contributed by atoms with E-state index in [1.807, 2.05) is 24.3 Å². The van der Waals surface area contributed by atoms with Crippen molar-refractivity contribution in [3.8, 4) is 5.75 Å². The first-order valence-electron chi connectivity index (χ1n) is 6.65. The van der Waals surface area contributed by atoms with Crippen LogP contribution in [0.5, 0.6) is 5.75 Å². The summed E-state index contributed by atoms with van der Waals surface area (Å²) in [4.78, 5) is 15.2. The monoisotopic (exact) mass is 353 g/mol. The topological polar surface area (TPSA) is 29.5 Å². The molecule has 0 fully saturated rings. The van der Waals surface area contributed by atoms with Crippen molar-refractivity contribution in [2.75, 3.05) is 13.7 Å². The average molecular weight is 354 g/mol. The molecule has 1 aromatic heterocycles. The Balaban J connectivity index is 1.77. The van der Waals surface area contributed by atoms with Gasteiger partial charge in [0.25, 0.3) is 5.91 Å². The predicted molar refractivity (Wildman–Crippen MR) is 90.7 cm³/mol. The SMILES string of the molecule is CN(Cc1ccc(Cl)s1)C(=O)C1=Cc2cc(Cl)ccc2OC1. The molecule has 0 saturated heterocycles. The van der Waals surface area contributed by atoms with Gasteiger partial charge in [0.2, 0.25) is 0 Å². The van der Waals surface area contributed by atoms with E-state index in [1.165, 1.54) is 11.3 Å². The van der Waals surface area contributed by atoms with Crippen molar-refractivity contribution in [1.82, 2.24) is 4.90 Å². The van der Waals surface area contributed by atoms with E-state index in [4.69, 9.17) is 27.9 Å². The maximum absolute atomic E-state index is 12.5. The number of fused-ring (bicyclic) bond motifs is 1. The number of hydrogen-bond acceptors (Lipinski definition) is 3. The van der Waals surface area contributed by atoms with E-state index in [9.17, 15) is 4.79 Å². The zero-order valence-electron chi connectivity index (χ0n) is 11.8. The van der Waals surface area contributed by atoms with E-state index in [2.05, 4.69) is 0 Å². The Kier molecular flexibility index (Phi) is 4.43.